The van der Waals surface area contributed by atoms with Gasteiger partial charge in [-0.3, -0.25) is 9.59 Å². The van der Waals surface area contributed by atoms with E-state index < -0.39 is 17.9 Å². The highest BCUT2D eigenvalue weighted by Gasteiger charge is 2.18. The number of amides is 2. The molecule has 0 radical (unpaired) electrons. The number of hydrogen-bond acceptors (Lipinski definition) is 4. The van der Waals surface area contributed by atoms with Crippen molar-refractivity contribution in [3.63, 3.8) is 0 Å². The Kier molecular flexibility index (Phi) is 9.03. The molecule has 0 aromatic carbocycles. The zero-order chi connectivity index (χ0) is 14.8. The number of hydrogen-bond donors (Lipinski definition) is 3. The number of rotatable bonds is 9. The van der Waals surface area contributed by atoms with Gasteiger partial charge in [0, 0.05) is 18.7 Å². The summed E-state index contributed by atoms with van der Waals surface area (Å²) in [5.41, 5.74) is 0. The van der Waals surface area contributed by atoms with Crippen LogP contribution in [0, 0.1) is 0 Å². The van der Waals surface area contributed by atoms with Gasteiger partial charge in [-0.15, -0.1) is 11.8 Å². The van der Waals surface area contributed by atoms with Crippen LogP contribution in [0.4, 0.5) is 0 Å². The number of carbonyl (C=O) groups excluding carboxylic acids is 2. The molecule has 0 heterocycles. The molecule has 0 aliphatic rings. The Bertz CT molecular complexity index is 323. The van der Waals surface area contributed by atoms with Crippen molar-refractivity contribution in [2.75, 3.05) is 11.5 Å². The summed E-state index contributed by atoms with van der Waals surface area (Å²) in [5.74, 6) is -1.24. The molecule has 3 N–H and O–H groups in total. The van der Waals surface area contributed by atoms with E-state index in [9.17, 15) is 14.4 Å². The molecule has 0 rings (SSSR count). The summed E-state index contributed by atoms with van der Waals surface area (Å²) in [6.07, 6.45) is 1.91. The maximum absolute atomic E-state index is 11.5. The fourth-order valence-electron chi connectivity index (χ4n) is 1.51. The van der Waals surface area contributed by atoms with Gasteiger partial charge in [0.15, 0.2) is 0 Å². The lowest BCUT2D eigenvalue weighted by atomic mass is 10.2. The summed E-state index contributed by atoms with van der Waals surface area (Å²) in [5, 5.41) is 14.0. The van der Waals surface area contributed by atoms with Crippen LogP contribution in [0.2, 0.25) is 0 Å². The quantitative estimate of drug-likeness (QED) is 0.578. The van der Waals surface area contributed by atoms with Crippen molar-refractivity contribution in [3.05, 3.63) is 0 Å². The number of carbonyl (C=O) groups is 3. The normalized spacial score (nSPS) is 13.4. The van der Waals surface area contributed by atoms with E-state index in [-0.39, 0.29) is 23.5 Å². The van der Waals surface area contributed by atoms with E-state index in [1.165, 1.54) is 18.7 Å². The number of carboxylic acids is 1. The molecular formula is C12H22N2O4S. The van der Waals surface area contributed by atoms with Crippen molar-refractivity contribution in [2.24, 2.45) is 0 Å². The van der Waals surface area contributed by atoms with Crippen molar-refractivity contribution in [3.8, 4) is 0 Å². The van der Waals surface area contributed by atoms with Crippen LogP contribution in [0.3, 0.4) is 0 Å². The SMILES string of the molecule is CCCC(C)NC(=O)CSCC(NC(C)=O)C(=O)O. The van der Waals surface area contributed by atoms with E-state index in [0.29, 0.717) is 0 Å². The smallest absolute Gasteiger partial charge is 0.327 e. The van der Waals surface area contributed by atoms with Crippen molar-refractivity contribution in [1.82, 2.24) is 10.6 Å². The van der Waals surface area contributed by atoms with Crippen LogP contribution in [0.25, 0.3) is 0 Å². The summed E-state index contributed by atoms with van der Waals surface area (Å²) < 4.78 is 0. The first-order valence-electron chi connectivity index (χ1n) is 6.23. The summed E-state index contributed by atoms with van der Waals surface area (Å²) in [6.45, 7) is 5.24. The lowest BCUT2D eigenvalue weighted by Crippen LogP contribution is -2.42. The third kappa shape index (κ3) is 9.35. The summed E-state index contributed by atoms with van der Waals surface area (Å²) >= 11 is 1.19. The molecule has 7 heteroatoms. The molecule has 0 bridgehead atoms. The molecule has 2 atom stereocenters. The average molecular weight is 290 g/mol. The second-order valence-electron chi connectivity index (χ2n) is 4.36. The molecule has 0 saturated carbocycles. The molecule has 0 spiro atoms. The number of carboxylic acid groups (broad SMARTS) is 1. The zero-order valence-electron chi connectivity index (χ0n) is 11.6. The van der Waals surface area contributed by atoms with E-state index in [0.717, 1.165) is 12.8 Å². The van der Waals surface area contributed by atoms with Crippen LogP contribution < -0.4 is 10.6 Å². The van der Waals surface area contributed by atoms with E-state index in [2.05, 4.69) is 10.6 Å². The Labute approximate surface area is 117 Å². The maximum atomic E-state index is 11.5. The molecule has 0 aromatic rings. The highest BCUT2D eigenvalue weighted by Crippen LogP contribution is 2.04. The van der Waals surface area contributed by atoms with Crippen LogP contribution >= 0.6 is 11.8 Å². The fraction of sp³-hybridized carbons (Fsp3) is 0.750. The minimum Gasteiger partial charge on any atom is -0.480 e. The molecule has 6 nitrogen and oxygen atoms in total. The van der Waals surface area contributed by atoms with Crippen molar-refractivity contribution >= 4 is 29.5 Å². The Balaban J connectivity index is 3.95. The first-order valence-corrected chi connectivity index (χ1v) is 7.39. The largest absolute Gasteiger partial charge is 0.480 e. The van der Waals surface area contributed by atoms with Gasteiger partial charge in [-0.2, -0.15) is 0 Å². The lowest BCUT2D eigenvalue weighted by molar-refractivity contribution is -0.140. The molecule has 0 saturated heterocycles. The van der Waals surface area contributed by atoms with Crippen molar-refractivity contribution in [2.45, 2.75) is 45.7 Å². The van der Waals surface area contributed by atoms with Crippen molar-refractivity contribution < 1.29 is 19.5 Å². The highest BCUT2D eigenvalue weighted by molar-refractivity contribution is 8.00. The second-order valence-corrected chi connectivity index (χ2v) is 5.39. The summed E-state index contributed by atoms with van der Waals surface area (Å²) in [6, 6.07) is -0.827. The van der Waals surface area contributed by atoms with Gasteiger partial charge in [-0.05, 0) is 13.3 Å². The Hall–Kier alpha value is -1.24. The van der Waals surface area contributed by atoms with Gasteiger partial charge in [0.1, 0.15) is 6.04 Å². The molecule has 110 valence electrons. The molecule has 2 amide bonds. The predicted molar refractivity (Wildman–Crippen MR) is 75.1 cm³/mol. The monoisotopic (exact) mass is 290 g/mol. The van der Waals surface area contributed by atoms with Crippen LogP contribution in [0.15, 0.2) is 0 Å². The Morgan fingerprint density at radius 3 is 2.37 bits per heavy atom. The Morgan fingerprint density at radius 1 is 1.26 bits per heavy atom. The van der Waals surface area contributed by atoms with Crippen molar-refractivity contribution in [1.29, 1.82) is 0 Å². The topological polar surface area (TPSA) is 95.5 Å². The van der Waals surface area contributed by atoms with E-state index in [4.69, 9.17) is 5.11 Å². The third-order valence-corrected chi connectivity index (χ3v) is 3.36. The highest BCUT2D eigenvalue weighted by atomic mass is 32.2. The van der Waals surface area contributed by atoms with Gasteiger partial charge in [0.25, 0.3) is 0 Å². The summed E-state index contributed by atoms with van der Waals surface area (Å²) in [4.78, 5) is 33.2. The van der Waals surface area contributed by atoms with Gasteiger partial charge in [0.2, 0.25) is 11.8 Å². The molecule has 0 aliphatic heterocycles. The summed E-state index contributed by atoms with van der Waals surface area (Å²) in [7, 11) is 0. The predicted octanol–water partition coefficient (Wildman–Crippen LogP) is 0.614. The number of aliphatic carboxylic acids is 1. The lowest BCUT2D eigenvalue weighted by Gasteiger charge is -2.14. The Morgan fingerprint density at radius 2 is 1.89 bits per heavy atom. The fourth-order valence-corrected chi connectivity index (χ4v) is 2.36. The van der Waals surface area contributed by atoms with Crippen LogP contribution in [-0.2, 0) is 14.4 Å². The first-order chi connectivity index (χ1) is 8.86. The van der Waals surface area contributed by atoms with Gasteiger partial charge >= 0.3 is 5.97 Å². The standard InChI is InChI=1S/C12H22N2O4S/c1-4-5-8(2)13-11(16)7-19-6-10(12(17)18)14-9(3)15/h8,10H,4-7H2,1-3H3,(H,13,16)(H,14,15)(H,17,18). The van der Waals surface area contributed by atoms with Gasteiger partial charge in [-0.25, -0.2) is 4.79 Å². The minimum absolute atomic E-state index is 0.113. The molecule has 0 aromatic heterocycles. The van der Waals surface area contributed by atoms with Gasteiger partial charge in [-0.1, -0.05) is 13.3 Å². The van der Waals surface area contributed by atoms with Gasteiger partial charge in [0.05, 0.1) is 5.75 Å². The first kappa shape index (κ1) is 17.8. The van der Waals surface area contributed by atoms with Gasteiger partial charge < -0.3 is 15.7 Å². The zero-order valence-corrected chi connectivity index (χ0v) is 12.4. The van der Waals surface area contributed by atoms with E-state index in [1.54, 1.807) is 0 Å². The van der Waals surface area contributed by atoms with Crippen LogP contribution in [-0.4, -0.2) is 46.5 Å². The molecule has 2 unspecified atom stereocenters. The van der Waals surface area contributed by atoms with E-state index >= 15 is 0 Å². The van der Waals surface area contributed by atoms with Crippen LogP contribution in [0.5, 0.6) is 0 Å². The minimum atomic E-state index is -1.09. The van der Waals surface area contributed by atoms with Crippen LogP contribution in [0.1, 0.15) is 33.6 Å². The van der Waals surface area contributed by atoms with E-state index in [1.807, 2.05) is 13.8 Å². The average Bonchev–Trinajstić information content (AvgIpc) is 2.27. The second kappa shape index (κ2) is 9.66. The molecule has 0 aliphatic carbocycles. The molecule has 0 fully saturated rings. The number of thioether (sulfide) groups is 1. The molecular weight excluding hydrogens is 268 g/mol. The molecule has 19 heavy (non-hydrogen) atoms. The third-order valence-electron chi connectivity index (χ3n) is 2.32. The maximum Gasteiger partial charge on any atom is 0.327 e. The number of nitrogens with one attached hydrogen (secondary N) is 2.